The van der Waals surface area contributed by atoms with Crippen molar-refractivity contribution in [2.24, 2.45) is 0 Å². The number of rotatable bonds is 50. The summed E-state index contributed by atoms with van der Waals surface area (Å²) >= 11 is 0. The summed E-state index contributed by atoms with van der Waals surface area (Å²) in [5.74, 6) is -0.212. The molecule has 1 heterocycles. The van der Waals surface area contributed by atoms with Crippen molar-refractivity contribution in [3.05, 3.63) is 122 Å². The molecule has 0 aromatic heterocycles. The van der Waals surface area contributed by atoms with E-state index in [-0.39, 0.29) is 12.5 Å². The Kier molecular flexibility index (Phi) is 50.1. The predicted molar refractivity (Wildman–Crippen MR) is 317 cm³/mol. The molecule has 1 amide bonds. The number of carbonyl (C=O) groups is 1. The van der Waals surface area contributed by atoms with Crippen molar-refractivity contribution in [3.63, 3.8) is 0 Å². The van der Waals surface area contributed by atoms with Crippen molar-refractivity contribution in [3.8, 4) is 0 Å². The van der Waals surface area contributed by atoms with E-state index in [0.717, 1.165) is 96.3 Å². The van der Waals surface area contributed by atoms with Gasteiger partial charge in [-0.1, -0.05) is 257 Å². The molecule has 0 spiro atoms. The zero-order chi connectivity index (χ0) is 54.3. The van der Waals surface area contributed by atoms with Crippen LogP contribution in [0.2, 0.25) is 0 Å². The second kappa shape index (κ2) is 54.0. The monoisotopic (exact) mass is 1050 g/mol. The molecule has 7 unspecified atom stereocenters. The van der Waals surface area contributed by atoms with E-state index in [4.69, 9.17) is 9.47 Å². The van der Waals surface area contributed by atoms with Crippen molar-refractivity contribution < 1.29 is 39.8 Å². The topological polar surface area (TPSA) is 149 Å². The van der Waals surface area contributed by atoms with Crippen LogP contribution in [0.5, 0.6) is 0 Å². The van der Waals surface area contributed by atoms with Crippen LogP contribution in [0.15, 0.2) is 122 Å². The Hall–Kier alpha value is -3.41. The molecule has 9 nitrogen and oxygen atoms in total. The molecule has 0 aromatic carbocycles. The van der Waals surface area contributed by atoms with E-state index >= 15 is 0 Å². The van der Waals surface area contributed by atoms with E-state index in [1.807, 2.05) is 6.08 Å². The minimum atomic E-state index is -1.58. The molecule has 1 saturated heterocycles. The Morgan fingerprint density at radius 2 is 0.827 bits per heavy atom. The second-order valence-electron chi connectivity index (χ2n) is 20.4. The first-order chi connectivity index (χ1) is 36.8. The van der Waals surface area contributed by atoms with Gasteiger partial charge in [0.1, 0.15) is 24.4 Å². The van der Waals surface area contributed by atoms with Crippen LogP contribution in [-0.2, 0) is 14.3 Å². The number of hydrogen-bond donors (Lipinski definition) is 6. The largest absolute Gasteiger partial charge is 0.394 e. The van der Waals surface area contributed by atoms with Gasteiger partial charge < -0.3 is 40.3 Å². The molecule has 0 aliphatic carbocycles. The minimum absolute atomic E-state index is 0.209. The zero-order valence-electron chi connectivity index (χ0n) is 47.5. The molecule has 0 bridgehead atoms. The van der Waals surface area contributed by atoms with E-state index < -0.39 is 49.5 Å². The van der Waals surface area contributed by atoms with Gasteiger partial charge in [0.05, 0.1) is 25.4 Å². The van der Waals surface area contributed by atoms with Gasteiger partial charge in [0, 0.05) is 6.42 Å². The lowest BCUT2D eigenvalue weighted by Gasteiger charge is -2.40. The van der Waals surface area contributed by atoms with Gasteiger partial charge in [-0.3, -0.25) is 4.79 Å². The van der Waals surface area contributed by atoms with E-state index in [1.165, 1.54) is 109 Å². The smallest absolute Gasteiger partial charge is 0.220 e. The Bertz CT molecular complexity index is 1590. The third-order valence-corrected chi connectivity index (χ3v) is 13.5. The van der Waals surface area contributed by atoms with Crippen LogP contribution in [0.1, 0.15) is 232 Å². The van der Waals surface area contributed by atoms with Gasteiger partial charge >= 0.3 is 0 Å². The van der Waals surface area contributed by atoms with Gasteiger partial charge in [-0.15, -0.1) is 0 Å². The number of nitrogens with one attached hydrogen (secondary N) is 1. The van der Waals surface area contributed by atoms with Gasteiger partial charge in [-0.25, -0.2) is 0 Å². The van der Waals surface area contributed by atoms with E-state index in [1.54, 1.807) is 6.08 Å². The van der Waals surface area contributed by atoms with Gasteiger partial charge in [0.2, 0.25) is 5.91 Å². The van der Waals surface area contributed by atoms with Crippen LogP contribution in [-0.4, -0.2) is 87.5 Å². The first-order valence-corrected chi connectivity index (χ1v) is 30.3. The van der Waals surface area contributed by atoms with Gasteiger partial charge in [0.15, 0.2) is 6.29 Å². The third kappa shape index (κ3) is 43.3. The molecule has 1 rings (SSSR count). The molecule has 0 radical (unpaired) electrons. The predicted octanol–water partition coefficient (Wildman–Crippen LogP) is 15.5. The van der Waals surface area contributed by atoms with Crippen LogP contribution in [0.4, 0.5) is 0 Å². The molecule has 428 valence electrons. The summed E-state index contributed by atoms with van der Waals surface area (Å²) in [6.07, 6.45) is 74.0. The molecule has 9 heteroatoms. The van der Waals surface area contributed by atoms with Gasteiger partial charge in [0.25, 0.3) is 0 Å². The molecule has 1 fully saturated rings. The molecular formula is C66H111NO8. The fourth-order valence-electron chi connectivity index (χ4n) is 8.80. The zero-order valence-corrected chi connectivity index (χ0v) is 47.5. The molecule has 75 heavy (non-hydrogen) atoms. The number of ether oxygens (including phenoxy) is 2. The van der Waals surface area contributed by atoms with Gasteiger partial charge in [-0.05, 0) is 89.9 Å². The SMILES string of the molecule is CC/C=C\C/C=C\C/C=C\C/C=C\C/C=C\C/C=C\C/C=C\C/C=C\C/C=C\CCCCCC(=O)NC(COC1OC(CO)C(O)C(O)C1O)C(O)/C=C/CCCCCCCCCCCCCCCCCCCCC. The van der Waals surface area contributed by atoms with Gasteiger partial charge in [-0.2, -0.15) is 0 Å². The number of unbranched alkanes of at least 4 members (excludes halogenated alkanes) is 22. The normalized spacial score (nSPS) is 19.8. The number of amides is 1. The fourth-order valence-corrected chi connectivity index (χ4v) is 8.80. The maximum absolute atomic E-state index is 13.1. The maximum atomic E-state index is 13.1. The average molecular weight is 1050 g/mol. The minimum Gasteiger partial charge on any atom is -0.394 e. The number of aliphatic hydroxyl groups excluding tert-OH is 5. The van der Waals surface area contributed by atoms with E-state index in [0.29, 0.717) is 12.8 Å². The number of hydrogen-bond acceptors (Lipinski definition) is 8. The molecular weight excluding hydrogens is 935 g/mol. The molecule has 0 saturated carbocycles. The van der Waals surface area contributed by atoms with E-state index in [2.05, 4.69) is 129 Å². The summed E-state index contributed by atoms with van der Waals surface area (Å²) in [5, 5.41) is 54.6. The third-order valence-electron chi connectivity index (χ3n) is 13.5. The van der Waals surface area contributed by atoms with Crippen LogP contribution in [0, 0.1) is 0 Å². The van der Waals surface area contributed by atoms with Crippen molar-refractivity contribution in [1.82, 2.24) is 5.32 Å². The summed E-state index contributed by atoms with van der Waals surface area (Å²) < 4.78 is 11.3. The van der Waals surface area contributed by atoms with Crippen LogP contribution >= 0.6 is 0 Å². The summed E-state index contributed by atoms with van der Waals surface area (Å²) in [4.78, 5) is 13.1. The summed E-state index contributed by atoms with van der Waals surface area (Å²) in [6.45, 7) is 3.65. The first-order valence-electron chi connectivity index (χ1n) is 30.3. The number of allylic oxidation sites excluding steroid dienone is 19. The quantitative estimate of drug-likeness (QED) is 0.0261. The second-order valence-corrected chi connectivity index (χ2v) is 20.4. The summed E-state index contributed by atoms with van der Waals surface area (Å²) in [7, 11) is 0. The highest BCUT2D eigenvalue weighted by atomic mass is 16.7. The summed E-state index contributed by atoms with van der Waals surface area (Å²) in [6, 6.07) is -0.833. The maximum Gasteiger partial charge on any atom is 0.220 e. The molecule has 1 aliphatic heterocycles. The Balaban J connectivity index is 2.27. The van der Waals surface area contributed by atoms with Crippen LogP contribution in [0.3, 0.4) is 0 Å². The van der Waals surface area contributed by atoms with Crippen molar-refractivity contribution in [1.29, 1.82) is 0 Å². The highest BCUT2D eigenvalue weighted by Gasteiger charge is 2.44. The molecule has 7 atom stereocenters. The highest BCUT2D eigenvalue weighted by molar-refractivity contribution is 5.76. The molecule has 1 aliphatic rings. The summed E-state index contributed by atoms with van der Waals surface area (Å²) in [5.41, 5.74) is 0. The Labute approximate surface area is 458 Å². The highest BCUT2D eigenvalue weighted by Crippen LogP contribution is 2.23. The molecule has 6 N–H and O–H groups in total. The van der Waals surface area contributed by atoms with E-state index in [9.17, 15) is 30.3 Å². The van der Waals surface area contributed by atoms with Crippen molar-refractivity contribution >= 4 is 5.91 Å². The van der Waals surface area contributed by atoms with Crippen molar-refractivity contribution in [2.75, 3.05) is 13.2 Å². The molecule has 0 aromatic rings. The average Bonchev–Trinajstić information content (AvgIpc) is 3.41. The lowest BCUT2D eigenvalue weighted by Crippen LogP contribution is -2.60. The Morgan fingerprint density at radius 1 is 0.467 bits per heavy atom. The van der Waals surface area contributed by atoms with Crippen molar-refractivity contribution in [2.45, 2.75) is 275 Å². The van der Waals surface area contributed by atoms with Crippen LogP contribution < -0.4 is 5.32 Å². The lowest BCUT2D eigenvalue weighted by atomic mass is 9.99. The fraction of sp³-hybridized carbons (Fsp3) is 0.682. The number of carbonyl (C=O) groups excluding carboxylic acids is 1. The first kappa shape index (κ1) is 69.6. The Morgan fingerprint density at radius 3 is 1.23 bits per heavy atom. The standard InChI is InChI=1S/C66H111NO8/c1-3-5-7-9-11-13-15-17-19-21-23-25-26-27-28-29-30-31-32-33-34-36-38-40-42-44-46-48-50-52-54-56-62(70)67-59(58-74-66-65(73)64(72)63(71)61(57-68)75-66)60(69)55-53-51-49-47-45-43-41-39-37-35-24-22-20-18-16-14-12-10-8-6-4-2/h5,7,11,13,17,19,23,25,27-28,30-31,33-34,38,40,44,46,53,55,59-61,63-66,68-69,71-73H,3-4,6,8-10,12,14-16,18,20-22,24,26,29,32,35-37,39,41-43,45,47-52,54,56-58H2,1-2H3,(H,67,70)/b7-5-,13-11-,19-17-,25-23-,28-27-,31-30-,34-33-,40-38-,46-44-,55-53+. The van der Waals surface area contributed by atoms with Crippen LogP contribution in [0.25, 0.3) is 0 Å². The lowest BCUT2D eigenvalue weighted by molar-refractivity contribution is -0.302. The number of aliphatic hydroxyl groups is 5.